The van der Waals surface area contributed by atoms with Crippen molar-refractivity contribution >= 4 is 50.1 Å². The third-order valence-electron chi connectivity index (χ3n) is 5.67. The molecule has 0 radical (unpaired) electrons. The highest BCUT2D eigenvalue weighted by molar-refractivity contribution is 14.1. The molecule has 4 N–H and O–H groups in total. The van der Waals surface area contributed by atoms with Crippen molar-refractivity contribution in [3.05, 3.63) is 42.1 Å². The summed E-state index contributed by atoms with van der Waals surface area (Å²) < 4.78 is 15.8. The predicted octanol–water partition coefficient (Wildman–Crippen LogP) is 1.09. The zero-order chi connectivity index (χ0) is 21.5. The first-order valence-corrected chi connectivity index (χ1v) is 12.2. The maximum atomic E-state index is 13.0. The van der Waals surface area contributed by atoms with Gasteiger partial charge in [0.1, 0.15) is 5.82 Å². The van der Waals surface area contributed by atoms with Crippen molar-refractivity contribution in [1.29, 1.82) is 0 Å². The van der Waals surface area contributed by atoms with Crippen molar-refractivity contribution in [2.24, 2.45) is 5.10 Å². The maximum absolute atomic E-state index is 13.0. The van der Waals surface area contributed by atoms with Crippen molar-refractivity contribution in [3.8, 4) is 11.1 Å². The summed E-state index contributed by atoms with van der Waals surface area (Å²) in [4.78, 5) is 9.78. The Hall–Kier alpha value is -1.93. The molecule has 11 heteroatoms. The van der Waals surface area contributed by atoms with Crippen LogP contribution < -0.4 is 24.3 Å². The minimum Gasteiger partial charge on any atom is -0.353 e. The number of likely N-dealkylation sites (N-methyl/N-ethyl adjacent to an activating group) is 1. The number of nitrogens with one attached hydrogen (secondary N) is 4. The van der Waals surface area contributed by atoms with Gasteiger partial charge in [0.25, 0.3) is 0 Å². The molecule has 30 heavy (non-hydrogen) atoms. The van der Waals surface area contributed by atoms with Gasteiger partial charge >= 0.3 is 0 Å². The quantitative estimate of drug-likeness (QED) is 0.248. The number of anilines is 1. The molecule has 2 aliphatic heterocycles. The lowest BCUT2D eigenvalue weighted by Crippen LogP contribution is -2.67. The first-order valence-electron chi connectivity index (χ1n) is 9.36. The van der Waals surface area contributed by atoms with Crippen molar-refractivity contribution in [3.63, 3.8) is 0 Å². The predicted molar refractivity (Wildman–Crippen MR) is 131 cm³/mol. The first kappa shape index (κ1) is 21.3. The van der Waals surface area contributed by atoms with Crippen molar-refractivity contribution in [2.75, 3.05) is 32.1 Å². The monoisotopic (exact) mass is 540 g/mol. The second-order valence-electron chi connectivity index (χ2n) is 7.91. The van der Waals surface area contributed by atoms with E-state index < -0.39 is 9.71 Å². The second kappa shape index (κ2) is 7.96. The van der Waals surface area contributed by atoms with Gasteiger partial charge in [0, 0.05) is 53.3 Å². The minimum absolute atomic E-state index is 0.176. The Labute approximate surface area is 190 Å². The summed E-state index contributed by atoms with van der Waals surface area (Å²) in [6.07, 6.45) is 1.85. The topological polar surface area (TPSA) is 96.9 Å². The van der Waals surface area contributed by atoms with Gasteiger partial charge in [-0.15, -0.1) is 10.6 Å². The van der Waals surface area contributed by atoms with Gasteiger partial charge in [0.05, 0.1) is 20.1 Å². The molecule has 1 fully saturated rings. The summed E-state index contributed by atoms with van der Waals surface area (Å²) in [6, 6.07) is 9.70. The Morgan fingerprint density at radius 1 is 1.30 bits per heavy atom. The number of hydrazine groups is 2. The molecule has 0 spiro atoms. The number of amidine groups is 1. The molecular weight excluding hydrogens is 515 g/mol. The normalized spacial score (nSPS) is 19.5. The molecule has 160 valence electrons. The molecule has 3 heterocycles. The van der Waals surface area contributed by atoms with Gasteiger partial charge in [0.2, 0.25) is 0 Å². The van der Waals surface area contributed by atoms with Gasteiger partial charge in [-0.05, 0) is 50.7 Å². The van der Waals surface area contributed by atoms with Crippen LogP contribution in [0.15, 0.2) is 46.5 Å². The van der Waals surface area contributed by atoms with Gasteiger partial charge in [-0.1, -0.05) is 12.1 Å². The van der Waals surface area contributed by atoms with E-state index in [1.807, 2.05) is 53.3 Å². The fraction of sp³-hybridized carbons (Fsp3) is 0.316. The number of pyridine rings is 1. The molecule has 2 aromatic rings. The molecule has 0 bridgehead atoms. The van der Waals surface area contributed by atoms with Gasteiger partial charge in [-0.25, -0.2) is 14.7 Å². The number of hydrazone groups is 1. The number of hydrogen-bond acceptors (Lipinski definition) is 8. The molecule has 1 aromatic carbocycles. The Kier molecular flexibility index (Phi) is 5.66. The summed E-state index contributed by atoms with van der Waals surface area (Å²) >= 11 is 1.87. The molecule has 4 rings (SSSR count). The molecular formula is C19H25IN8OS. The van der Waals surface area contributed by atoms with Gasteiger partial charge in [-0.2, -0.15) is 2.94 Å². The average molecular weight is 540 g/mol. The molecule has 1 unspecified atom stereocenters. The standard InChI is InChI=1S/C19H25IN8OS/c1-19(27(2)3)11-28(12-19)16-9-8-13(10-21-16)14-6-5-7-15(30(4,29)24-20)17(14)18-22-25-26-23-18/h5-10,25-26H,4,11-12H2,1-3H3,(H,22,23)(H,24,29). The Morgan fingerprint density at radius 2 is 2.07 bits per heavy atom. The van der Waals surface area contributed by atoms with Crippen LogP contribution in [-0.2, 0) is 9.71 Å². The van der Waals surface area contributed by atoms with Gasteiger partial charge < -0.3 is 9.80 Å². The molecule has 2 aliphatic rings. The van der Waals surface area contributed by atoms with Crippen LogP contribution in [0.25, 0.3) is 11.1 Å². The maximum Gasteiger partial charge on any atom is 0.172 e. The highest BCUT2D eigenvalue weighted by atomic mass is 127. The third-order valence-corrected chi connectivity index (χ3v) is 9.11. The van der Waals surface area contributed by atoms with E-state index in [1.165, 1.54) is 0 Å². The summed E-state index contributed by atoms with van der Waals surface area (Å²) in [5, 5.41) is 4.23. The van der Waals surface area contributed by atoms with Crippen LogP contribution in [0.1, 0.15) is 12.5 Å². The van der Waals surface area contributed by atoms with E-state index >= 15 is 0 Å². The Balaban J connectivity index is 1.70. The number of rotatable bonds is 6. The second-order valence-corrected chi connectivity index (χ2v) is 11.2. The van der Waals surface area contributed by atoms with Crippen LogP contribution in [0, 0.1) is 0 Å². The van der Waals surface area contributed by atoms with Crippen LogP contribution in [0.4, 0.5) is 5.82 Å². The van der Waals surface area contributed by atoms with Crippen LogP contribution in [0.3, 0.4) is 0 Å². The van der Waals surface area contributed by atoms with Crippen molar-refractivity contribution < 1.29 is 4.21 Å². The number of nitrogens with zero attached hydrogens (tertiary/aromatic N) is 4. The third kappa shape index (κ3) is 3.75. The zero-order valence-corrected chi connectivity index (χ0v) is 20.0. The number of aromatic nitrogens is 1. The fourth-order valence-corrected chi connectivity index (χ4v) is 5.23. The van der Waals surface area contributed by atoms with E-state index in [4.69, 9.17) is 4.98 Å². The molecule has 0 aliphatic carbocycles. The highest BCUT2D eigenvalue weighted by Gasteiger charge is 2.41. The molecule has 1 aromatic heterocycles. The highest BCUT2D eigenvalue weighted by Crippen LogP contribution is 2.33. The van der Waals surface area contributed by atoms with Gasteiger partial charge in [0.15, 0.2) is 5.84 Å². The van der Waals surface area contributed by atoms with Gasteiger partial charge in [-0.3, -0.25) is 5.43 Å². The molecule has 0 saturated carbocycles. The summed E-state index contributed by atoms with van der Waals surface area (Å²) in [7, 11) is 1.51. The summed E-state index contributed by atoms with van der Waals surface area (Å²) in [6.45, 7) is 4.14. The van der Waals surface area contributed by atoms with E-state index in [2.05, 4.69) is 61.2 Å². The zero-order valence-electron chi connectivity index (χ0n) is 17.1. The molecule has 1 saturated heterocycles. The number of halogens is 1. The average Bonchev–Trinajstić information content (AvgIpc) is 3.25. The van der Waals surface area contributed by atoms with E-state index in [1.54, 1.807) is 6.07 Å². The lowest BCUT2D eigenvalue weighted by molar-refractivity contribution is 0.132. The molecule has 0 amide bonds. The van der Waals surface area contributed by atoms with Crippen LogP contribution in [0.2, 0.25) is 0 Å². The summed E-state index contributed by atoms with van der Waals surface area (Å²) in [5.41, 5.74) is 11.0. The minimum atomic E-state index is -2.71. The van der Waals surface area contributed by atoms with E-state index in [0.717, 1.165) is 30.0 Å². The molecule has 9 nitrogen and oxygen atoms in total. The first-order chi connectivity index (χ1) is 14.2. The molecule has 1 atom stereocenters. The number of hydrogen-bond donors (Lipinski definition) is 4. The van der Waals surface area contributed by atoms with E-state index in [-0.39, 0.29) is 5.54 Å². The lowest BCUT2D eigenvalue weighted by atomic mass is 9.91. The van der Waals surface area contributed by atoms with E-state index in [0.29, 0.717) is 16.3 Å². The van der Waals surface area contributed by atoms with Crippen LogP contribution in [-0.4, -0.2) is 58.5 Å². The SMILES string of the molecule is C=S(=O)(NI)c1cccc(-c2ccc(N3CC(C)(N(C)C)C3)nc2)c1C1=NNNN1. The van der Waals surface area contributed by atoms with Crippen LogP contribution in [0.5, 0.6) is 0 Å². The Bertz CT molecular complexity index is 1080. The lowest BCUT2D eigenvalue weighted by Gasteiger charge is -2.52. The van der Waals surface area contributed by atoms with E-state index in [9.17, 15) is 4.21 Å². The summed E-state index contributed by atoms with van der Waals surface area (Å²) in [5.74, 6) is 5.36. The fourth-order valence-electron chi connectivity index (χ4n) is 3.60. The Morgan fingerprint density at radius 3 is 2.63 bits per heavy atom. The number of benzene rings is 1. The van der Waals surface area contributed by atoms with Crippen LogP contribution >= 0.6 is 22.9 Å². The smallest absolute Gasteiger partial charge is 0.172 e. The van der Waals surface area contributed by atoms with Crippen molar-refractivity contribution in [1.82, 2.24) is 29.3 Å². The largest absolute Gasteiger partial charge is 0.353 e. The van der Waals surface area contributed by atoms with Crippen molar-refractivity contribution in [2.45, 2.75) is 17.4 Å².